The number of nitrogens with two attached hydrogens (primary N) is 2. The van der Waals surface area contributed by atoms with Crippen LogP contribution in [0.3, 0.4) is 0 Å². The Labute approximate surface area is 98.3 Å². The predicted molar refractivity (Wildman–Crippen MR) is 69.4 cm³/mol. The zero-order valence-corrected chi connectivity index (χ0v) is 11.2. The molecule has 0 unspecified atom stereocenters. The van der Waals surface area contributed by atoms with Crippen LogP contribution in [-0.2, 0) is 9.84 Å². The topological polar surface area (TPSA) is 86.2 Å². The van der Waals surface area contributed by atoms with Crippen LogP contribution in [0.2, 0.25) is 0 Å². The molecule has 0 aromatic heterocycles. The van der Waals surface area contributed by atoms with Gasteiger partial charge in [0.1, 0.15) is 9.84 Å². The van der Waals surface area contributed by atoms with Gasteiger partial charge in [0.2, 0.25) is 0 Å². The summed E-state index contributed by atoms with van der Waals surface area (Å²) in [5.41, 5.74) is 9.24. The fourth-order valence-corrected chi connectivity index (χ4v) is 2.49. The van der Waals surface area contributed by atoms with Gasteiger partial charge in [-0.1, -0.05) is 26.7 Å². The van der Waals surface area contributed by atoms with Crippen LogP contribution >= 0.6 is 12.2 Å². The van der Waals surface area contributed by atoms with Crippen LogP contribution < -0.4 is 11.5 Å². The molecule has 92 valence electrons. The van der Waals surface area contributed by atoms with Crippen LogP contribution in [0.25, 0.3) is 0 Å². The van der Waals surface area contributed by atoms with Crippen molar-refractivity contribution in [3.8, 4) is 0 Å². The Bertz CT molecular complexity index is 233. The molecule has 0 rings (SSSR count). The third-order valence-corrected chi connectivity index (χ3v) is 3.44. The first-order chi connectivity index (χ1) is 6.85. The van der Waals surface area contributed by atoms with E-state index in [2.05, 4.69) is 23.7 Å². The molecule has 0 heterocycles. The lowest BCUT2D eigenvalue weighted by atomic mass is 10.4. The molecule has 0 bridgehead atoms. The summed E-state index contributed by atoms with van der Waals surface area (Å²) in [6.45, 7) is 4.02. The van der Waals surface area contributed by atoms with Gasteiger partial charge in [0.05, 0.1) is 11.5 Å². The maximum absolute atomic E-state index is 11.1. The summed E-state index contributed by atoms with van der Waals surface area (Å²) in [6.07, 6.45) is 3.55. The molecule has 0 aromatic carbocycles. The highest BCUT2D eigenvalue weighted by molar-refractivity contribution is 7.91. The summed E-state index contributed by atoms with van der Waals surface area (Å²) < 4.78 is 22.3. The van der Waals surface area contributed by atoms with E-state index in [9.17, 15) is 8.42 Å². The van der Waals surface area contributed by atoms with E-state index in [0.29, 0.717) is 11.5 Å². The van der Waals surface area contributed by atoms with Crippen molar-refractivity contribution in [1.82, 2.24) is 0 Å². The molecule has 6 heteroatoms. The van der Waals surface area contributed by atoms with Crippen LogP contribution in [0, 0.1) is 0 Å². The normalized spacial score (nSPS) is 10.3. The second kappa shape index (κ2) is 10.2. The van der Waals surface area contributed by atoms with Crippen molar-refractivity contribution in [3.63, 3.8) is 0 Å². The molecule has 0 aliphatic carbocycles. The third kappa shape index (κ3) is 19.9. The fraction of sp³-hybridized carbons (Fsp3) is 0.889. The molecule has 4 nitrogen and oxygen atoms in total. The molecule has 0 amide bonds. The first-order valence-electron chi connectivity index (χ1n) is 5.11. The molecule has 15 heavy (non-hydrogen) atoms. The average molecular weight is 254 g/mol. The van der Waals surface area contributed by atoms with Gasteiger partial charge in [-0.15, -0.1) is 0 Å². The van der Waals surface area contributed by atoms with Gasteiger partial charge in [-0.25, -0.2) is 8.42 Å². The first-order valence-corrected chi connectivity index (χ1v) is 7.34. The maximum atomic E-state index is 11.1. The molecule has 0 aliphatic heterocycles. The van der Waals surface area contributed by atoms with Gasteiger partial charge >= 0.3 is 0 Å². The summed E-state index contributed by atoms with van der Waals surface area (Å²) in [4.78, 5) is 0. The molecule has 0 atom stereocenters. The molecule has 0 saturated heterocycles. The van der Waals surface area contributed by atoms with Gasteiger partial charge in [0.25, 0.3) is 0 Å². The number of thiocarbonyl (C=S) groups is 1. The fourth-order valence-electron chi connectivity index (χ4n) is 0.831. The van der Waals surface area contributed by atoms with E-state index < -0.39 is 9.84 Å². The molecular weight excluding hydrogens is 232 g/mol. The van der Waals surface area contributed by atoms with Crippen molar-refractivity contribution in [2.45, 2.75) is 39.5 Å². The van der Waals surface area contributed by atoms with Crippen molar-refractivity contribution in [2.75, 3.05) is 11.5 Å². The molecule has 0 spiro atoms. The molecular formula is C9H22N2O2S2. The van der Waals surface area contributed by atoms with Gasteiger partial charge in [0, 0.05) is 0 Å². The second-order valence-corrected chi connectivity index (χ2v) is 6.04. The zero-order chi connectivity index (χ0) is 12.3. The van der Waals surface area contributed by atoms with Crippen molar-refractivity contribution in [1.29, 1.82) is 0 Å². The van der Waals surface area contributed by atoms with Crippen molar-refractivity contribution >= 4 is 27.2 Å². The van der Waals surface area contributed by atoms with E-state index in [-0.39, 0.29) is 5.11 Å². The number of hydrogen-bond acceptors (Lipinski definition) is 3. The van der Waals surface area contributed by atoms with E-state index in [0.717, 1.165) is 25.7 Å². The lowest BCUT2D eigenvalue weighted by Gasteiger charge is -2.00. The lowest BCUT2D eigenvalue weighted by molar-refractivity contribution is 0.589. The zero-order valence-electron chi connectivity index (χ0n) is 9.53. The Balaban J connectivity index is 0. The first kappa shape index (κ1) is 17.0. The highest BCUT2D eigenvalue weighted by Crippen LogP contribution is 2.00. The number of hydrogen-bond donors (Lipinski definition) is 2. The Hall–Kier alpha value is -0.360. The third-order valence-electron chi connectivity index (χ3n) is 1.62. The largest absolute Gasteiger partial charge is 0.377 e. The van der Waals surface area contributed by atoms with Crippen molar-refractivity contribution in [2.24, 2.45) is 11.5 Å². The Kier molecular flexibility index (Phi) is 11.6. The Morgan fingerprint density at radius 2 is 1.33 bits per heavy atom. The molecule has 0 fully saturated rings. The van der Waals surface area contributed by atoms with Gasteiger partial charge in [-0.05, 0) is 25.1 Å². The predicted octanol–water partition coefficient (Wildman–Crippen LogP) is 1.19. The Morgan fingerprint density at radius 1 is 1.07 bits per heavy atom. The van der Waals surface area contributed by atoms with Gasteiger partial charge < -0.3 is 11.5 Å². The lowest BCUT2D eigenvalue weighted by Crippen LogP contribution is -2.18. The summed E-state index contributed by atoms with van der Waals surface area (Å²) in [7, 11) is -2.71. The molecule has 0 aromatic rings. The smallest absolute Gasteiger partial charge is 0.160 e. The van der Waals surface area contributed by atoms with Crippen LogP contribution in [0.5, 0.6) is 0 Å². The van der Waals surface area contributed by atoms with E-state index in [4.69, 9.17) is 0 Å². The number of sulfone groups is 1. The highest BCUT2D eigenvalue weighted by Gasteiger charge is 2.07. The van der Waals surface area contributed by atoms with E-state index in [1.807, 2.05) is 13.8 Å². The molecule has 4 N–H and O–H groups in total. The molecule has 0 aliphatic rings. The van der Waals surface area contributed by atoms with E-state index in [1.165, 1.54) is 0 Å². The van der Waals surface area contributed by atoms with E-state index in [1.54, 1.807) is 0 Å². The van der Waals surface area contributed by atoms with Crippen LogP contribution in [0.4, 0.5) is 0 Å². The van der Waals surface area contributed by atoms with Crippen molar-refractivity contribution < 1.29 is 8.42 Å². The van der Waals surface area contributed by atoms with Gasteiger partial charge in [0.15, 0.2) is 5.11 Å². The summed E-state index contributed by atoms with van der Waals surface area (Å²) >= 11 is 4.09. The number of rotatable bonds is 6. The highest BCUT2D eigenvalue weighted by atomic mass is 32.2. The monoisotopic (exact) mass is 254 g/mol. The molecule has 0 radical (unpaired) electrons. The van der Waals surface area contributed by atoms with Gasteiger partial charge in [-0.2, -0.15) is 0 Å². The molecule has 0 saturated carbocycles. The van der Waals surface area contributed by atoms with Gasteiger partial charge in [-0.3, -0.25) is 0 Å². The standard InChI is InChI=1S/C8H18O2S.CH4N2S/c1-3-5-7-11(9,10)8-6-4-2;2-1(3)4/h3-8H2,1-2H3;(H4,2,3,4). The minimum Gasteiger partial charge on any atom is -0.377 e. The van der Waals surface area contributed by atoms with Crippen LogP contribution in [-0.4, -0.2) is 25.0 Å². The summed E-state index contributed by atoms with van der Waals surface area (Å²) in [5, 5.41) is 0.000000000000000222. The SMILES string of the molecule is CCCCS(=O)(=O)CCCC.NC(N)=S. The number of unbranched alkanes of at least 4 members (excludes halogenated alkanes) is 2. The second-order valence-electron chi connectivity index (χ2n) is 3.26. The average Bonchev–Trinajstić information content (AvgIpc) is 2.11. The van der Waals surface area contributed by atoms with Crippen LogP contribution in [0.1, 0.15) is 39.5 Å². The Morgan fingerprint density at radius 3 is 1.53 bits per heavy atom. The minimum atomic E-state index is -2.71. The summed E-state index contributed by atoms with van der Waals surface area (Å²) in [6, 6.07) is 0. The summed E-state index contributed by atoms with van der Waals surface area (Å²) in [5.74, 6) is 0.757. The van der Waals surface area contributed by atoms with Crippen molar-refractivity contribution in [3.05, 3.63) is 0 Å². The van der Waals surface area contributed by atoms with Crippen LogP contribution in [0.15, 0.2) is 0 Å². The van der Waals surface area contributed by atoms with E-state index >= 15 is 0 Å². The maximum Gasteiger partial charge on any atom is 0.160 e. The quantitative estimate of drug-likeness (QED) is 0.695. The minimum absolute atomic E-state index is 0.000000000000000222.